The molecular weight excluding hydrogens is 432 g/mol. The number of nitrogens with one attached hydrogen (secondary N) is 1. The van der Waals surface area contributed by atoms with E-state index < -0.39 is 5.25 Å². The Labute approximate surface area is 187 Å². The van der Waals surface area contributed by atoms with Crippen molar-refractivity contribution in [2.75, 3.05) is 12.4 Å². The van der Waals surface area contributed by atoms with Crippen LogP contribution in [0, 0.1) is 0 Å². The number of fused-ring (bicyclic) bond motifs is 1. The lowest BCUT2D eigenvalue weighted by Gasteiger charge is -2.13. The minimum Gasteiger partial charge on any atom is -0.497 e. The van der Waals surface area contributed by atoms with Gasteiger partial charge in [-0.2, -0.15) is 0 Å². The molecule has 0 saturated carbocycles. The quantitative estimate of drug-likeness (QED) is 0.349. The van der Waals surface area contributed by atoms with E-state index in [1.165, 1.54) is 27.7 Å². The van der Waals surface area contributed by atoms with Gasteiger partial charge in [0.05, 0.1) is 29.0 Å². The monoisotopic (exact) mass is 452 g/mol. The van der Waals surface area contributed by atoms with Crippen LogP contribution in [0.4, 0.5) is 5.13 Å². The van der Waals surface area contributed by atoms with Gasteiger partial charge in [0.15, 0.2) is 10.3 Å². The van der Waals surface area contributed by atoms with Crippen molar-refractivity contribution >= 4 is 45.0 Å². The van der Waals surface area contributed by atoms with E-state index in [9.17, 15) is 9.59 Å². The number of carbonyl (C=O) groups excluding carboxylic acids is 1. The second-order valence-corrected chi connectivity index (χ2v) is 8.96. The van der Waals surface area contributed by atoms with Crippen LogP contribution in [0.25, 0.3) is 22.2 Å². The standard InChI is InChI=1S/C22H20N4O3S2/c1-13(31-22-24-17-7-5-4-6-16(17)20(28)26(22)2)19(27)25-21-23-18(12-30-21)14-8-10-15(29-3)11-9-14/h4-13H,1-3H3,(H,23,25,27). The van der Waals surface area contributed by atoms with Crippen molar-refractivity contribution in [3.05, 3.63) is 64.3 Å². The zero-order valence-corrected chi connectivity index (χ0v) is 18.8. The maximum absolute atomic E-state index is 12.7. The van der Waals surface area contributed by atoms with Crippen LogP contribution in [-0.4, -0.2) is 32.8 Å². The minimum atomic E-state index is -0.465. The lowest BCUT2D eigenvalue weighted by molar-refractivity contribution is -0.115. The zero-order chi connectivity index (χ0) is 22.0. The number of anilines is 1. The third kappa shape index (κ3) is 4.47. The molecule has 4 rings (SSSR count). The molecule has 158 valence electrons. The van der Waals surface area contributed by atoms with Crippen LogP contribution in [0.2, 0.25) is 0 Å². The molecule has 0 aliphatic heterocycles. The largest absolute Gasteiger partial charge is 0.497 e. The summed E-state index contributed by atoms with van der Waals surface area (Å²) in [7, 11) is 3.28. The second-order valence-electron chi connectivity index (χ2n) is 6.79. The fourth-order valence-electron chi connectivity index (χ4n) is 2.95. The van der Waals surface area contributed by atoms with Gasteiger partial charge in [-0.25, -0.2) is 9.97 Å². The molecule has 2 aromatic heterocycles. The van der Waals surface area contributed by atoms with E-state index in [0.29, 0.717) is 21.2 Å². The van der Waals surface area contributed by atoms with Crippen molar-refractivity contribution in [2.45, 2.75) is 17.3 Å². The summed E-state index contributed by atoms with van der Waals surface area (Å²) in [5, 5.41) is 5.84. The third-order valence-corrected chi connectivity index (χ3v) is 6.61. The van der Waals surface area contributed by atoms with Gasteiger partial charge in [0.1, 0.15) is 5.75 Å². The van der Waals surface area contributed by atoms with Crippen LogP contribution in [-0.2, 0) is 11.8 Å². The maximum Gasteiger partial charge on any atom is 0.261 e. The fourth-order valence-corrected chi connectivity index (χ4v) is 4.54. The summed E-state index contributed by atoms with van der Waals surface area (Å²) in [6.07, 6.45) is 0. The van der Waals surface area contributed by atoms with Crippen molar-refractivity contribution < 1.29 is 9.53 Å². The van der Waals surface area contributed by atoms with Crippen LogP contribution in [0.5, 0.6) is 5.75 Å². The maximum atomic E-state index is 12.7. The van der Waals surface area contributed by atoms with E-state index in [1.807, 2.05) is 41.8 Å². The first-order chi connectivity index (χ1) is 15.0. The lowest BCUT2D eigenvalue weighted by atomic mass is 10.2. The predicted molar refractivity (Wildman–Crippen MR) is 125 cm³/mol. The van der Waals surface area contributed by atoms with Gasteiger partial charge in [-0.3, -0.25) is 14.2 Å². The topological polar surface area (TPSA) is 86.1 Å². The number of amides is 1. The molecule has 7 nitrogen and oxygen atoms in total. The first-order valence-electron chi connectivity index (χ1n) is 9.49. The van der Waals surface area contributed by atoms with Crippen molar-refractivity contribution in [3.8, 4) is 17.0 Å². The van der Waals surface area contributed by atoms with Gasteiger partial charge in [-0.05, 0) is 43.3 Å². The van der Waals surface area contributed by atoms with Gasteiger partial charge >= 0.3 is 0 Å². The number of carbonyl (C=O) groups is 1. The Bertz CT molecular complexity index is 1300. The number of hydrogen-bond acceptors (Lipinski definition) is 7. The average molecular weight is 453 g/mol. The van der Waals surface area contributed by atoms with Gasteiger partial charge in [0.25, 0.3) is 5.56 Å². The fraction of sp³-hybridized carbons (Fsp3) is 0.182. The molecular formula is C22H20N4O3S2. The van der Waals surface area contributed by atoms with Crippen molar-refractivity contribution in [1.82, 2.24) is 14.5 Å². The highest BCUT2D eigenvalue weighted by atomic mass is 32.2. The number of rotatable bonds is 6. The van der Waals surface area contributed by atoms with Crippen LogP contribution < -0.4 is 15.6 Å². The number of thiazole rings is 1. The third-order valence-electron chi connectivity index (χ3n) is 4.71. The number of benzene rings is 2. The second kappa shape index (κ2) is 8.91. The average Bonchev–Trinajstić information content (AvgIpc) is 3.25. The molecule has 31 heavy (non-hydrogen) atoms. The predicted octanol–water partition coefficient (Wildman–Crippen LogP) is 4.18. The molecule has 9 heteroatoms. The highest BCUT2D eigenvalue weighted by Crippen LogP contribution is 2.28. The summed E-state index contributed by atoms with van der Waals surface area (Å²) in [4.78, 5) is 34.3. The van der Waals surface area contributed by atoms with Crippen molar-refractivity contribution in [2.24, 2.45) is 7.05 Å². The molecule has 0 spiro atoms. The summed E-state index contributed by atoms with van der Waals surface area (Å²) >= 11 is 2.60. The minimum absolute atomic E-state index is 0.134. The Morgan fingerprint density at radius 1 is 1.16 bits per heavy atom. The van der Waals surface area contributed by atoms with Gasteiger partial charge in [-0.15, -0.1) is 11.3 Å². The molecule has 0 aliphatic rings. The van der Waals surface area contributed by atoms with Crippen molar-refractivity contribution in [3.63, 3.8) is 0 Å². The summed E-state index contributed by atoms with van der Waals surface area (Å²) < 4.78 is 6.65. The van der Waals surface area contributed by atoms with E-state index in [-0.39, 0.29) is 11.5 Å². The SMILES string of the molecule is COc1ccc(-c2csc(NC(=O)C(C)Sc3nc4ccccc4c(=O)n3C)n2)cc1. The van der Waals surface area contributed by atoms with Crippen LogP contribution in [0.3, 0.4) is 0 Å². The summed E-state index contributed by atoms with van der Waals surface area (Å²) in [6, 6.07) is 14.8. The molecule has 2 heterocycles. The van der Waals surface area contributed by atoms with Crippen molar-refractivity contribution in [1.29, 1.82) is 0 Å². The highest BCUT2D eigenvalue weighted by Gasteiger charge is 2.19. The Kier molecular flexibility index (Phi) is 6.06. The number of hydrogen-bond donors (Lipinski definition) is 1. The Morgan fingerprint density at radius 3 is 2.65 bits per heavy atom. The van der Waals surface area contributed by atoms with Crippen LogP contribution >= 0.6 is 23.1 Å². The molecule has 0 aliphatic carbocycles. The van der Waals surface area contributed by atoms with Crippen LogP contribution in [0.1, 0.15) is 6.92 Å². The number of nitrogens with zero attached hydrogens (tertiary/aromatic N) is 3. The lowest BCUT2D eigenvalue weighted by Crippen LogP contribution is -2.25. The highest BCUT2D eigenvalue weighted by molar-refractivity contribution is 8.00. The molecule has 1 atom stereocenters. The Balaban J connectivity index is 1.47. The molecule has 2 aromatic carbocycles. The number of ether oxygens (including phenoxy) is 1. The molecule has 0 fully saturated rings. The number of aromatic nitrogens is 3. The molecule has 4 aromatic rings. The van der Waals surface area contributed by atoms with E-state index in [0.717, 1.165) is 17.0 Å². The van der Waals surface area contributed by atoms with E-state index in [1.54, 1.807) is 33.2 Å². The van der Waals surface area contributed by atoms with E-state index in [2.05, 4.69) is 15.3 Å². The first-order valence-corrected chi connectivity index (χ1v) is 11.3. The van der Waals surface area contributed by atoms with E-state index >= 15 is 0 Å². The first kappa shape index (κ1) is 21.1. The number of para-hydroxylation sites is 1. The van der Waals surface area contributed by atoms with Crippen LogP contribution in [0.15, 0.2) is 63.9 Å². The van der Waals surface area contributed by atoms with Gasteiger partial charge in [0.2, 0.25) is 5.91 Å². The zero-order valence-electron chi connectivity index (χ0n) is 17.2. The molecule has 1 N–H and O–H groups in total. The number of methoxy groups -OCH3 is 1. The summed E-state index contributed by atoms with van der Waals surface area (Å²) in [5.41, 5.74) is 2.20. The summed E-state index contributed by atoms with van der Waals surface area (Å²) in [6.45, 7) is 1.78. The molecule has 0 saturated heterocycles. The molecule has 1 unspecified atom stereocenters. The molecule has 0 bridgehead atoms. The van der Waals surface area contributed by atoms with Gasteiger partial charge < -0.3 is 10.1 Å². The summed E-state index contributed by atoms with van der Waals surface area (Å²) in [5.74, 6) is 0.568. The Hall–Kier alpha value is -3.17. The Morgan fingerprint density at radius 2 is 1.90 bits per heavy atom. The van der Waals surface area contributed by atoms with Gasteiger partial charge in [-0.1, -0.05) is 23.9 Å². The number of thioether (sulfide) groups is 1. The van der Waals surface area contributed by atoms with E-state index in [4.69, 9.17) is 4.74 Å². The van der Waals surface area contributed by atoms with Gasteiger partial charge in [0, 0.05) is 18.0 Å². The normalized spacial score (nSPS) is 12.0. The smallest absolute Gasteiger partial charge is 0.261 e. The molecule has 1 amide bonds. The molecule has 0 radical (unpaired) electrons.